The van der Waals surface area contributed by atoms with Crippen LogP contribution in [-0.4, -0.2) is 22.9 Å². The van der Waals surface area contributed by atoms with Crippen LogP contribution in [0, 0.1) is 5.82 Å². The molecular formula is C12H11FN4O. The highest BCUT2D eigenvalue weighted by molar-refractivity contribution is 6.04. The van der Waals surface area contributed by atoms with Crippen molar-refractivity contribution in [3.63, 3.8) is 0 Å². The molecular weight excluding hydrogens is 235 g/mol. The summed E-state index contributed by atoms with van der Waals surface area (Å²) < 4.78 is 12.8. The quantitative estimate of drug-likeness (QED) is 0.871. The Hall–Kier alpha value is -2.50. The minimum Gasteiger partial charge on any atom is -0.382 e. The minimum absolute atomic E-state index is 0.141. The Morgan fingerprint density at radius 1 is 1.28 bits per heavy atom. The van der Waals surface area contributed by atoms with Gasteiger partial charge in [-0.25, -0.2) is 9.37 Å². The molecule has 2 aromatic rings. The van der Waals surface area contributed by atoms with Crippen LogP contribution >= 0.6 is 0 Å². The summed E-state index contributed by atoms with van der Waals surface area (Å²) in [7, 11) is 1.57. The topological polar surface area (TPSA) is 72.1 Å². The second-order valence-corrected chi connectivity index (χ2v) is 3.67. The fourth-order valence-electron chi connectivity index (χ4n) is 1.44. The van der Waals surface area contributed by atoms with Crippen LogP contribution in [0.2, 0.25) is 0 Å². The minimum atomic E-state index is -0.360. The molecule has 6 heteroatoms. The molecule has 0 aliphatic carbocycles. The Bertz CT molecular complexity index is 571. The number of rotatable bonds is 2. The lowest BCUT2D eigenvalue weighted by Crippen LogP contribution is -2.27. The zero-order chi connectivity index (χ0) is 13.1. The first-order valence-corrected chi connectivity index (χ1v) is 5.19. The van der Waals surface area contributed by atoms with Gasteiger partial charge in [-0.15, -0.1) is 0 Å². The SMILES string of the molecule is CN(C(=O)c1cncc(N)n1)c1ccc(F)cc1. The van der Waals surface area contributed by atoms with Crippen LogP contribution in [-0.2, 0) is 0 Å². The molecule has 0 unspecified atom stereocenters. The van der Waals surface area contributed by atoms with Gasteiger partial charge in [-0.2, -0.15) is 0 Å². The van der Waals surface area contributed by atoms with E-state index in [-0.39, 0.29) is 23.2 Å². The molecule has 1 aromatic carbocycles. The smallest absolute Gasteiger partial charge is 0.278 e. The standard InChI is InChI=1S/C12H11FN4O/c1-17(9-4-2-8(13)3-5-9)12(18)10-6-15-7-11(14)16-10/h2-7H,1H3,(H2,14,16). The van der Waals surface area contributed by atoms with E-state index in [2.05, 4.69) is 9.97 Å². The van der Waals surface area contributed by atoms with Gasteiger partial charge in [-0.1, -0.05) is 0 Å². The molecule has 1 aromatic heterocycles. The van der Waals surface area contributed by atoms with E-state index in [1.54, 1.807) is 7.05 Å². The predicted octanol–water partition coefficient (Wildman–Crippen LogP) is 1.47. The Morgan fingerprint density at radius 3 is 2.56 bits per heavy atom. The van der Waals surface area contributed by atoms with Crippen LogP contribution in [0.25, 0.3) is 0 Å². The van der Waals surface area contributed by atoms with Gasteiger partial charge in [0.1, 0.15) is 17.3 Å². The monoisotopic (exact) mass is 246 g/mol. The second kappa shape index (κ2) is 4.79. The molecule has 0 atom stereocenters. The van der Waals surface area contributed by atoms with Crippen molar-refractivity contribution in [2.45, 2.75) is 0 Å². The van der Waals surface area contributed by atoms with E-state index in [9.17, 15) is 9.18 Å². The van der Waals surface area contributed by atoms with Crippen molar-refractivity contribution in [1.29, 1.82) is 0 Å². The van der Waals surface area contributed by atoms with Gasteiger partial charge in [0.2, 0.25) is 0 Å². The van der Waals surface area contributed by atoms with Crippen molar-refractivity contribution in [3.05, 3.63) is 48.2 Å². The highest BCUT2D eigenvalue weighted by atomic mass is 19.1. The molecule has 0 aliphatic rings. The number of nitrogens with two attached hydrogens (primary N) is 1. The van der Waals surface area contributed by atoms with E-state index >= 15 is 0 Å². The van der Waals surface area contributed by atoms with E-state index in [4.69, 9.17) is 5.73 Å². The van der Waals surface area contributed by atoms with Crippen molar-refractivity contribution in [2.24, 2.45) is 0 Å². The number of benzene rings is 1. The van der Waals surface area contributed by atoms with Gasteiger partial charge in [-0.3, -0.25) is 9.78 Å². The number of amides is 1. The molecule has 1 heterocycles. The summed E-state index contributed by atoms with van der Waals surface area (Å²) in [5, 5.41) is 0. The van der Waals surface area contributed by atoms with Crippen molar-refractivity contribution >= 4 is 17.4 Å². The largest absolute Gasteiger partial charge is 0.382 e. The summed E-state index contributed by atoms with van der Waals surface area (Å²) in [5.41, 5.74) is 6.16. The number of anilines is 2. The Morgan fingerprint density at radius 2 is 1.94 bits per heavy atom. The molecule has 0 saturated heterocycles. The first-order chi connectivity index (χ1) is 8.58. The molecule has 0 saturated carbocycles. The van der Waals surface area contributed by atoms with E-state index in [1.165, 1.54) is 41.6 Å². The maximum atomic E-state index is 12.8. The van der Waals surface area contributed by atoms with Crippen molar-refractivity contribution < 1.29 is 9.18 Å². The van der Waals surface area contributed by atoms with Gasteiger partial charge < -0.3 is 10.6 Å². The van der Waals surface area contributed by atoms with Crippen LogP contribution in [0.1, 0.15) is 10.5 Å². The first-order valence-electron chi connectivity index (χ1n) is 5.19. The Balaban J connectivity index is 2.26. The summed E-state index contributed by atoms with van der Waals surface area (Å²) in [6.45, 7) is 0. The van der Waals surface area contributed by atoms with Crippen LogP contribution in [0.5, 0.6) is 0 Å². The summed E-state index contributed by atoms with van der Waals surface area (Å²) in [6.07, 6.45) is 2.69. The number of halogens is 1. The maximum Gasteiger partial charge on any atom is 0.278 e. The third-order valence-electron chi connectivity index (χ3n) is 2.39. The molecule has 0 spiro atoms. The molecule has 0 aliphatic heterocycles. The lowest BCUT2D eigenvalue weighted by molar-refractivity contribution is 0.0988. The summed E-state index contributed by atoms with van der Waals surface area (Å²) in [5.74, 6) is -0.543. The number of nitrogens with zero attached hydrogens (tertiary/aromatic N) is 3. The highest BCUT2D eigenvalue weighted by Gasteiger charge is 2.15. The normalized spacial score (nSPS) is 10.1. The van der Waals surface area contributed by atoms with Crippen LogP contribution in [0.15, 0.2) is 36.7 Å². The zero-order valence-electron chi connectivity index (χ0n) is 9.67. The number of hydrogen-bond donors (Lipinski definition) is 1. The van der Waals surface area contributed by atoms with Crippen molar-refractivity contribution in [1.82, 2.24) is 9.97 Å². The lowest BCUT2D eigenvalue weighted by atomic mass is 10.2. The van der Waals surface area contributed by atoms with Gasteiger partial charge in [0.05, 0.1) is 12.4 Å². The first kappa shape index (κ1) is 12.0. The molecule has 0 radical (unpaired) electrons. The summed E-state index contributed by atoms with van der Waals surface area (Å²) >= 11 is 0. The third kappa shape index (κ3) is 2.42. The van der Waals surface area contributed by atoms with Crippen molar-refractivity contribution in [3.8, 4) is 0 Å². The second-order valence-electron chi connectivity index (χ2n) is 3.67. The predicted molar refractivity (Wildman–Crippen MR) is 65.6 cm³/mol. The maximum absolute atomic E-state index is 12.8. The summed E-state index contributed by atoms with van der Waals surface area (Å²) in [4.78, 5) is 21.1. The molecule has 2 N–H and O–H groups in total. The average Bonchev–Trinajstić information content (AvgIpc) is 2.38. The number of aromatic nitrogens is 2. The van der Waals surface area contributed by atoms with Gasteiger partial charge in [-0.05, 0) is 24.3 Å². The molecule has 5 nitrogen and oxygen atoms in total. The number of carbonyl (C=O) groups excluding carboxylic acids is 1. The van der Waals surface area contributed by atoms with Gasteiger partial charge in [0, 0.05) is 12.7 Å². The zero-order valence-corrected chi connectivity index (χ0v) is 9.67. The fraction of sp³-hybridized carbons (Fsp3) is 0.0833. The Labute approximate surface area is 103 Å². The van der Waals surface area contributed by atoms with E-state index in [0.29, 0.717) is 5.69 Å². The average molecular weight is 246 g/mol. The van der Waals surface area contributed by atoms with E-state index < -0.39 is 0 Å². The highest BCUT2D eigenvalue weighted by Crippen LogP contribution is 2.15. The number of nitrogen functional groups attached to an aromatic ring is 1. The number of carbonyl (C=O) groups is 1. The Kier molecular flexibility index (Phi) is 3.18. The third-order valence-corrected chi connectivity index (χ3v) is 2.39. The number of hydrogen-bond acceptors (Lipinski definition) is 4. The fourth-order valence-corrected chi connectivity index (χ4v) is 1.44. The van der Waals surface area contributed by atoms with Gasteiger partial charge in [0.25, 0.3) is 5.91 Å². The van der Waals surface area contributed by atoms with Crippen LogP contribution < -0.4 is 10.6 Å². The van der Waals surface area contributed by atoms with Gasteiger partial charge >= 0.3 is 0 Å². The lowest BCUT2D eigenvalue weighted by Gasteiger charge is -2.16. The molecule has 18 heavy (non-hydrogen) atoms. The summed E-state index contributed by atoms with van der Waals surface area (Å²) in [6, 6.07) is 5.58. The molecule has 0 bridgehead atoms. The molecule has 0 fully saturated rings. The van der Waals surface area contributed by atoms with Gasteiger partial charge in [0.15, 0.2) is 0 Å². The van der Waals surface area contributed by atoms with Crippen molar-refractivity contribution in [2.75, 3.05) is 17.7 Å². The van der Waals surface area contributed by atoms with Crippen LogP contribution in [0.3, 0.4) is 0 Å². The molecule has 1 amide bonds. The van der Waals surface area contributed by atoms with Crippen LogP contribution in [0.4, 0.5) is 15.9 Å². The van der Waals surface area contributed by atoms with E-state index in [0.717, 1.165) is 0 Å². The molecule has 92 valence electrons. The molecule has 2 rings (SSSR count). The van der Waals surface area contributed by atoms with E-state index in [1.807, 2.05) is 0 Å².